The summed E-state index contributed by atoms with van der Waals surface area (Å²) < 4.78 is 26.6. The Bertz CT molecular complexity index is 770. The average Bonchev–Trinajstić information content (AvgIpc) is 3.17. The number of H-pyrrole nitrogens is 1. The number of benzene rings is 1. The minimum absolute atomic E-state index is 0.289. The third-order valence-electron chi connectivity index (χ3n) is 4.60. The molecule has 1 atom stereocenters. The highest BCUT2D eigenvalue weighted by atomic mass is 32.2. The molecule has 1 saturated heterocycles. The van der Waals surface area contributed by atoms with Gasteiger partial charge in [0.15, 0.2) is 0 Å². The molecule has 6 heteroatoms. The number of hydrogen-bond donors (Lipinski definition) is 1. The molecule has 1 aliphatic rings. The monoisotopic (exact) mass is 360 g/mol. The van der Waals surface area contributed by atoms with Gasteiger partial charge in [-0.3, -0.25) is 5.32 Å². The zero-order valence-corrected chi connectivity index (χ0v) is 15.4. The fourth-order valence-corrected chi connectivity index (χ4v) is 4.59. The minimum Gasteiger partial charge on any atom is -0.272 e. The van der Waals surface area contributed by atoms with Crippen LogP contribution in [-0.2, 0) is 16.4 Å². The Balaban J connectivity index is 1.57. The van der Waals surface area contributed by atoms with E-state index < -0.39 is 10.0 Å². The van der Waals surface area contributed by atoms with Crippen LogP contribution in [0.15, 0.2) is 53.6 Å². The van der Waals surface area contributed by atoms with E-state index >= 15 is 0 Å². The third-order valence-corrected chi connectivity index (χ3v) is 6.49. The minimum atomic E-state index is -3.36. The summed E-state index contributed by atoms with van der Waals surface area (Å²) in [5.74, 6) is 0.834. The number of nitrogens with one attached hydrogen (secondary N) is 2. The molecule has 5 nitrogen and oxygen atoms in total. The number of sulfonamides is 1. The fourth-order valence-electron chi connectivity index (χ4n) is 3.10. The number of aromatic nitrogens is 1. The van der Waals surface area contributed by atoms with Crippen molar-refractivity contribution in [3.63, 3.8) is 0 Å². The van der Waals surface area contributed by atoms with Crippen LogP contribution in [0, 0.1) is 0 Å². The quantitative estimate of drug-likeness (QED) is 0.826. The Kier molecular flexibility index (Phi) is 5.71. The fraction of sp³-hybridized carbons (Fsp3) is 0.421. The molecule has 2 aromatic rings. The predicted molar refractivity (Wildman–Crippen MR) is 98.8 cm³/mol. The second-order valence-electron chi connectivity index (χ2n) is 6.62. The molecule has 134 valence electrons. The van der Waals surface area contributed by atoms with Gasteiger partial charge < -0.3 is 0 Å². The van der Waals surface area contributed by atoms with Crippen molar-refractivity contribution >= 4 is 15.8 Å². The maximum atomic E-state index is 12.5. The van der Waals surface area contributed by atoms with Gasteiger partial charge >= 0.3 is 0 Å². The summed E-state index contributed by atoms with van der Waals surface area (Å²) in [6.07, 6.45) is 5.49. The lowest BCUT2D eigenvalue weighted by molar-refractivity contribution is -0.364. The molecule has 0 spiro atoms. The van der Waals surface area contributed by atoms with Gasteiger partial charge in [-0.15, -0.1) is 0 Å². The average molecular weight is 361 g/mol. The number of anilines is 1. The van der Waals surface area contributed by atoms with Crippen molar-refractivity contribution in [2.45, 2.75) is 43.5 Å². The van der Waals surface area contributed by atoms with Crippen molar-refractivity contribution < 1.29 is 13.4 Å². The van der Waals surface area contributed by atoms with E-state index in [1.165, 1.54) is 5.56 Å². The van der Waals surface area contributed by atoms with E-state index in [2.05, 4.69) is 41.5 Å². The van der Waals surface area contributed by atoms with Crippen LogP contribution in [-0.4, -0.2) is 31.9 Å². The lowest BCUT2D eigenvalue weighted by atomic mass is 10.1. The first-order valence-corrected chi connectivity index (χ1v) is 10.3. The van der Waals surface area contributed by atoms with Gasteiger partial charge in [0.2, 0.25) is 10.0 Å². The molecular formula is C19H26N3O2S+. The molecule has 1 aliphatic heterocycles. The zero-order valence-electron chi connectivity index (χ0n) is 14.6. The van der Waals surface area contributed by atoms with Crippen molar-refractivity contribution in [3.05, 3.63) is 54.2 Å². The molecule has 2 heterocycles. The van der Waals surface area contributed by atoms with Gasteiger partial charge in [-0.05, 0) is 44.2 Å². The number of aryl methyl sites for hydroxylation is 1. The summed E-state index contributed by atoms with van der Waals surface area (Å²) >= 11 is 0. The molecule has 2 N–H and O–H groups in total. The molecule has 0 aliphatic carbocycles. The highest BCUT2D eigenvalue weighted by Gasteiger charge is 2.28. The van der Waals surface area contributed by atoms with E-state index in [-0.39, 0.29) is 6.04 Å². The van der Waals surface area contributed by atoms with Crippen molar-refractivity contribution in [2.24, 2.45) is 0 Å². The standard InChI is InChI=1S/C19H25N3O2S/c1-16(9-10-17-7-3-2-4-8-17)21-19-12-11-18(15-20-19)25(23,24)22-13-5-6-14-22/h2-4,7-8,11-12,15-16H,5-6,9-10,13-14H2,1H3,(H,20,21)/p+1/t16-/m1/s1. The summed E-state index contributed by atoms with van der Waals surface area (Å²) in [4.78, 5) is 3.41. The molecule has 0 radical (unpaired) electrons. The summed E-state index contributed by atoms with van der Waals surface area (Å²) in [6.45, 7) is 3.38. The van der Waals surface area contributed by atoms with Crippen LogP contribution < -0.4 is 10.3 Å². The molecule has 1 fully saturated rings. The Hall–Kier alpha value is -1.92. The van der Waals surface area contributed by atoms with Gasteiger partial charge in [0.1, 0.15) is 11.1 Å². The van der Waals surface area contributed by atoms with E-state index in [0.29, 0.717) is 18.0 Å². The van der Waals surface area contributed by atoms with Gasteiger partial charge in [0, 0.05) is 19.2 Å². The molecule has 3 rings (SSSR count). The molecule has 25 heavy (non-hydrogen) atoms. The van der Waals surface area contributed by atoms with Crippen LogP contribution >= 0.6 is 0 Å². The second-order valence-corrected chi connectivity index (χ2v) is 8.56. The smallest absolute Gasteiger partial charge is 0.272 e. The Morgan fingerprint density at radius 3 is 2.48 bits per heavy atom. The van der Waals surface area contributed by atoms with Gasteiger partial charge in [-0.1, -0.05) is 30.3 Å². The van der Waals surface area contributed by atoms with Crippen LogP contribution in [0.1, 0.15) is 31.7 Å². The van der Waals surface area contributed by atoms with E-state index in [0.717, 1.165) is 31.5 Å². The predicted octanol–water partition coefficient (Wildman–Crippen LogP) is 2.72. The SMILES string of the molecule is C[C@H](CCc1ccccc1)Nc1ccc(S(=O)(=O)N2CCCC2)c[nH+]1. The lowest BCUT2D eigenvalue weighted by Crippen LogP contribution is -2.29. The van der Waals surface area contributed by atoms with Gasteiger partial charge in [0.25, 0.3) is 5.82 Å². The van der Waals surface area contributed by atoms with Crippen LogP contribution in [0.3, 0.4) is 0 Å². The van der Waals surface area contributed by atoms with Crippen molar-refractivity contribution in [3.8, 4) is 0 Å². The topological polar surface area (TPSA) is 63.6 Å². The Labute approximate surface area is 150 Å². The molecule has 0 bridgehead atoms. The van der Waals surface area contributed by atoms with Crippen LogP contribution in [0.2, 0.25) is 0 Å². The molecular weight excluding hydrogens is 334 g/mol. The van der Waals surface area contributed by atoms with Gasteiger partial charge in [-0.25, -0.2) is 13.4 Å². The van der Waals surface area contributed by atoms with Crippen LogP contribution in [0.4, 0.5) is 5.82 Å². The van der Waals surface area contributed by atoms with E-state index in [9.17, 15) is 8.42 Å². The maximum Gasteiger partial charge on any atom is 0.272 e. The van der Waals surface area contributed by atoms with Crippen LogP contribution in [0.5, 0.6) is 0 Å². The first kappa shape index (κ1) is 17.9. The van der Waals surface area contributed by atoms with Gasteiger partial charge in [-0.2, -0.15) is 4.31 Å². The van der Waals surface area contributed by atoms with E-state index in [1.54, 1.807) is 16.6 Å². The second kappa shape index (κ2) is 7.97. The maximum absolute atomic E-state index is 12.5. The Morgan fingerprint density at radius 1 is 1.12 bits per heavy atom. The number of pyridine rings is 1. The molecule has 1 aromatic heterocycles. The Morgan fingerprint density at radius 2 is 1.84 bits per heavy atom. The van der Waals surface area contributed by atoms with E-state index in [4.69, 9.17) is 0 Å². The normalized spacial score (nSPS) is 16.7. The van der Waals surface area contributed by atoms with Crippen LogP contribution in [0.25, 0.3) is 0 Å². The van der Waals surface area contributed by atoms with Crippen molar-refractivity contribution in [2.75, 3.05) is 18.4 Å². The zero-order chi connectivity index (χ0) is 17.7. The largest absolute Gasteiger partial charge is 0.272 e. The highest BCUT2D eigenvalue weighted by molar-refractivity contribution is 7.89. The number of hydrogen-bond acceptors (Lipinski definition) is 3. The molecule has 0 saturated carbocycles. The summed E-state index contributed by atoms with van der Waals surface area (Å²) in [6, 6.07) is 14.2. The summed E-state index contributed by atoms with van der Waals surface area (Å²) in [7, 11) is -3.36. The third kappa shape index (κ3) is 4.58. The highest BCUT2D eigenvalue weighted by Crippen LogP contribution is 2.20. The number of aromatic amines is 1. The van der Waals surface area contributed by atoms with Crippen molar-refractivity contribution in [1.82, 2.24) is 4.31 Å². The lowest BCUT2D eigenvalue weighted by Gasteiger charge is -2.14. The molecule has 1 aromatic carbocycles. The summed E-state index contributed by atoms with van der Waals surface area (Å²) in [5.41, 5.74) is 1.33. The van der Waals surface area contributed by atoms with Gasteiger partial charge in [0.05, 0.1) is 6.04 Å². The first-order valence-electron chi connectivity index (χ1n) is 8.88. The van der Waals surface area contributed by atoms with Crippen molar-refractivity contribution in [1.29, 1.82) is 0 Å². The summed E-state index contributed by atoms with van der Waals surface area (Å²) in [5, 5.41) is 3.40. The molecule has 0 amide bonds. The van der Waals surface area contributed by atoms with E-state index in [1.807, 2.05) is 12.1 Å². The number of rotatable bonds is 7. The first-order chi connectivity index (χ1) is 12.1. The molecule has 0 unspecified atom stereocenters. The number of nitrogens with zero attached hydrogens (tertiary/aromatic N) is 1.